The number of thiazole rings is 2. The number of carbonyl (C=O) groups is 1. The van der Waals surface area contributed by atoms with Gasteiger partial charge in [0.2, 0.25) is 0 Å². The van der Waals surface area contributed by atoms with Gasteiger partial charge in [-0.1, -0.05) is 17.4 Å². The van der Waals surface area contributed by atoms with Crippen LogP contribution in [-0.2, 0) is 0 Å². The van der Waals surface area contributed by atoms with E-state index in [4.69, 9.17) is 0 Å². The molecule has 0 bridgehead atoms. The summed E-state index contributed by atoms with van der Waals surface area (Å²) in [4.78, 5) is 22.6. The number of carbonyl (C=O) groups excluding carboxylic acids is 1. The van der Waals surface area contributed by atoms with Gasteiger partial charge in [0.15, 0.2) is 5.13 Å². The first kappa shape index (κ1) is 15.6. The molecule has 0 aliphatic carbocycles. The molecule has 2 heterocycles. The van der Waals surface area contributed by atoms with Crippen LogP contribution in [0.4, 0.5) is 5.13 Å². The van der Waals surface area contributed by atoms with E-state index in [1.54, 1.807) is 23.1 Å². The maximum Gasteiger partial charge on any atom is 0.257 e. The molecule has 0 radical (unpaired) electrons. The minimum Gasteiger partial charge on any atom is -0.298 e. The minimum absolute atomic E-state index is 0.137. The number of rotatable bonds is 3. The lowest BCUT2D eigenvalue weighted by atomic mass is 10.2. The van der Waals surface area contributed by atoms with Crippen molar-refractivity contribution >= 4 is 65.9 Å². The van der Waals surface area contributed by atoms with E-state index in [1.165, 1.54) is 11.3 Å². The highest BCUT2D eigenvalue weighted by molar-refractivity contribution is 7.98. The molecule has 0 aliphatic heterocycles. The number of aryl methyl sites for hydroxylation is 1. The third kappa shape index (κ3) is 2.79. The number of anilines is 1. The van der Waals surface area contributed by atoms with Gasteiger partial charge < -0.3 is 0 Å². The number of amides is 1. The van der Waals surface area contributed by atoms with Gasteiger partial charge in [-0.05, 0) is 43.5 Å². The summed E-state index contributed by atoms with van der Waals surface area (Å²) >= 11 is 4.77. The van der Waals surface area contributed by atoms with E-state index >= 15 is 0 Å². The monoisotopic (exact) mass is 371 g/mol. The summed E-state index contributed by atoms with van der Waals surface area (Å²) in [5.41, 5.74) is 2.52. The first-order valence-corrected chi connectivity index (χ1v) is 10.1. The van der Waals surface area contributed by atoms with Crippen LogP contribution >= 0.6 is 34.4 Å². The molecule has 0 atom stereocenters. The van der Waals surface area contributed by atoms with E-state index < -0.39 is 0 Å². The SMILES string of the molecule is CSc1cccc(C(=O)Nc2nc3ccc4nc(C)sc4c3s2)c1. The Labute approximate surface area is 151 Å². The van der Waals surface area contributed by atoms with Crippen LogP contribution in [0.3, 0.4) is 0 Å². The van der Waals surface area contributed by atoms with E-state index in [2.05, 4.69) is 15.3 Å². The standard InChI is InChI=1S/C17H13N3OS3/c1-9-18-12-6-7-13-15(14(12)23-9)24-17(19-13)20-16(21)10-4-3-5-11(8-10)22-2/h3-8H,1-2H3,(H,19,20,21). The third-order valence-electron chi connectivity index (χ3n) is 3.57. The smallest absolute Gasteiger partial charge is 0.257 e. The maximum atomic E-state index is 12.5. The maximum absolute atomic E-state index is 12.5. The molecule has 7 heteroatoms. The molecular weight excluding hydrogens is 358 g/mol. The lowest BCUT2D eigenvalue weighted by Gasteiger charge is -2.03. The molecule has 2 aromatic carbocycles. The van der Waals surface area contributed by atoms with Gasteiger partial charge >= 0.3 is 0 Å². The molecule has 0 saturated heterocycles. The van der Waals surface area contributed by atoms with Gasteiger partial charge in [0, 0.05) is 10.5 Å². The van der Waals surface area contributed by atoms with Crippen LogP contribution in [0.15, 0.2) is 41.3 Å². The molecular formula is C17H13N3OS3. The van der Waals surface area contributed by atoms with Crippen molar-refractivity contribution < 1.29 is 4.79 Å². The van der Waals surface area contributed by atoms with Crippen LogP contribution in [0.25, 0.3) is 20.4 Å². The number of benzene rings is 2. The Morgan fingerprint density at radius 1 is 1.08 bits per heavy atom. The van der Waals surface area contributed by atoms with Gasteiger partial charge in [0.25, 0.3) is 5.91 Å². The van der Waals surface area contributed by atoms with E-state index in [-0.39, 0.29) is 5.91 Å². The predicted molar refractivity (Wildman–Crippen MR) is 104 cm³/mol. The first-order valence-electron chi connectivity index (χ1n) is 7.26. The van der Waals surface area contributed by atoms with Crippen molar-refractivity contribution in [1.82, 2.24) is 9.97 Å². The number of hydrogen-bond donors (Lipinski definition) is 1. The van der Waals surface area contributed by atoms with Gasteiger partial charge in [-0.2, -0.15) is 0 Å². The average Bonchev–Trinajstić information content (AvgIpc) is 3.16. The number of hydrogen-bond acceptors (Lipinski definition) is 6. The number of thioether (sulfide) groups is 1. The molecule has 0 saturated carbocycles. The zero-order chi connectivity index (χ0) is 16.7. The summed E-state index contributed by atoms with van der Waals surface area (Å²) in [5, 5.41) is 4.56. The van der Waals surface area contributed by atoms with Crippen LogP contribution in [0.1, 0.15) is 15.4 Å². The van der Waals surface area contributed by atoms with Crippen molar-refractivity contribution in [3.63, 3.8) is 0 Å². The normalized spacial score (nSPS) is 11.2. The second-order valence-electron chi connectivity index (χ2n) is 5.20. The Hall–Kier alpha value is -1.96. The van der Waals surface area contributed by atoms with Gasteiger partial charge in [-0.15, -0.1) is 23.1 Å². The second kappa shape index (κ2) is 6.16. The topological polar surface area (TPSA) is 54.9 Å². The van der Waals surface area contributed by atoms with E-state index in [0.717, 1.165) is 30.3 Å². The first-order chi connectivity index (χ1) is 11.6. The zero-order valence-electron chi connectivity index (χ0n) is 13.0. The molecule has 4 rings (SSSR count). The largest absolute Gasteiger partial charge is 0.298 e. The lowest BCUT2D eigenvalue weighted by molar-refractivity contribution is 0.102. The highest BCUT2D eigenvalue weighted by Gasteiger charge is 2.13. The van der Waals surface area contributed by atoms with Crippen LogP contribution < -0.4 is 5.32 Å². The fourth-order valence-corrected chi connectivity index (χ4v) is 4.93. The molecule has 0 spiro atoms. The molecule has 0 unspecified atom stereocenters. The second-order valence-corrected chi connectivity index (χ2v) is 8.28. The number of nitrogens with zero attached hydrogens (tertiary/aromatic N) is 2. The van der Waals surface area contributed by atoms with Crippen molar-refractivity contribution in [2.75, 3.05) is 11.6 Å². The molecule has 2 aromatic heterocycles. The Kier molecular flexibility index (Phi) is 3.99. The fraction of sp³-hybridized carbons (Fsp3) is 0.118. The van der Waals surface area contributed by atoms with Crippen LogP contribution in [-0.4, -0.2) is 22.1 Å². The Morgan fingerprint density at radius 3 is 2.62 bits per heavy atom. The molecule has 120 valence electrons. The summed E-state index contributed by atoms with van der Waals surface area (Å²) in [5.74, 6) is -0.137. The summed E-state index contributed by atoms with van der Waals surface area (Å²) in [7, 11) is 0. The van der Waals surface area contributed by atoms with Crippen LogP contribution in [0, 0.1) is 6.92 Å². The molecule has 0 aliphatic rings. The van der Waals surface area contributed by atoms with E-state index in [9.17, 15) is 4.79 Å². The van der Waals surface area contributed by atoms with Crippen LogP contribution in [0.2, 0.25) is 0 Å². The van der Waals surface area contributed by atoms with Crippen LogP contribution in [0.5, 0.6) is 0 Å². The number of aromatic nitrogens is 2. The van der Waals surface area contributed by atoms with Crippen molar-refractivity contribution in [1.29, 1.82) is 0 Å². The van der Waals surface area contributed by atoms with Crippen molar-refractivity contribution in [3.8, 4) is 0 Å². The highest BCUT2D eigenvalue weighted by Crippen LogP contribution is 2.35. The molecule has 0 fully saturated rings. The summed E-state index contributed by atoms with van der Waals surface area (Å²) in [6.45, 7) is 2.00. The van der Waals surface area contributed by atoms with E-state index in [0.29, 0.717) is 10.7 Å². The summed E-state index contributed by atoms with van der Waals surface area (Å²) < 4.78 is 2.21. The Morgan fingerprint density at radius 2 is 1.83 bits per heavy atom. The molecule has 1 amide bonds. The summed E-state index contributed by atoms with van der Waals surface area (Å²) in [6.07, 6.45) is 1.99. The van der Waals surface area contributed by atoms with Crippen molar-refractivity contribution in [3.05, 3.63) is 47.0 Å². The Bertz CT molecular complexity index is 1070. The molecule has 4 aromatic rings. The molecule has 1 N–H and O–H groups in total. The van der Waals surface area contributed by atoms with Gasteiger partial charge in [0.1, 0.15) is 0 Å². The van der Waals surface area contributed by atoms with Gasteiger partial charge in [0.05, 0.1) is 25.4 Å². The predicted octanol–water partition coefficient (Wildman–Crippen LogP) is 5.19. The van der Waals surface area contributed by atoms with Gasteiger partial charge in [-0.3, -0.25) is 10.1 Å². The van der Waals surface area contributed by atoms with Gasteiger partial charge in [-0.25, -0.2) is 9.97 Å². The third-order valence-corrected chi connectivity index (χ3v) is 6.43. The molecule has 4 nitrogen and oxygen atoms in total. The summed E-state index contributed by atoms with van der Waals surface area (Å²) in [6, 6.07) is 11.5. The average molecular weight is 372 g/mol. The quantitative estimate of drug-likeness (QED) is 0.504. The number of nitrogens with one attached hydrogen (secondary N) is 1. The fourth-order valence-electron chi connectivity index (χ4n) is 2.47. The molecule has 24 heavy (non-hydrogen) atoms. The lowest BCUT2D eigenvalue weighted by Crippen LogP contribution is -2.11. The Balaban J connectivity index is 1.69. The van der Waals surface area contributed by atoms with Crippen molar-refractivity contribution in [2.24, 2.45) is 0 Å². The number of fused-ring (bicyclic) bond motifs is 3. The van der Waals surface area contributed by atoms with Crippen molar-refractivity contribution in [2.45, 2.75) is 11.8 Å². The highest BCUT2D eigenvalue weighted by atomic mass is 32.2. The zero-order valence-corrected chi connectivity index (χ0v) is 15.4. The van der Waals surface area contributed by atoms with E-state index in [1.807, 2.05) is 49.6 Å². The minimum atomic E-state index is -0.137.